The molecule has 1 heterocycles. The Morgan fingerprint density at radius 1 is 1.29 bits per heavy atom. The van der Waals surface area contributed by atoms with Gasteiger partial charge in [0.15, 0.2) is 0 Å². The normalized spacial score (nSPS) is 13.3. The molecule has 1 aromatic rings. The van der Waals surface area contributed by atoms with Crippen molar-refractivity contribution in [3.05, 3.63) is 29.3 Å². The SMILES string of the molecule is CCC.Cc1ccc2c(c1)N(C)CC2. The van der Waals surface area contributed by atoms with Crippen LogP contribution in [0.25, 0.3) is 0 Å². The van der Waals surface area contributed by atoms with Crippen molar-refractivity contribution in [2.75, 3.05) is 18.5 Å². The predicted octanol–water partition coefficient (Wildman–Crippen LogP) is 3.40. The van der Waals surface area contributed by atoms with Crippen LogP contribution in [0.1, 0.15) is 31.4 Å². The molecular formula is C13H21N. The Labute approximate surface area is 87.7 Å². The van der Waals surface area contributed by atoms with Crippen LogP contribution < -0.4 is 4.90 Å². The summed E-state index contributed by atoms with van der Waals surface area (Å²) < 4.78 is 0. The summed E-state index contributed by atoms with van der Waals surface area (Å²) in [7, 11) is 2.16. The molecule has 0 aromatic heterocycles. The first kappa shape index (κ1) is 11.1. The minimum atomic E-state index is 1.18. The predicted molar refractivity (Wildman–Crippen MR) is 64.1 cm³/mol. The summed E-state index contributed by atoms with van der Waals surface area (Å²) in [6, 6.07) is 6.70. The molecule has 0 unspecified atom stereocenters. The minimum Gasteiger partial charge on any atom is -0.374 e. The van der Waals surface area contributed by atoms with Gasteiger partial charge in [-0.3, -0.25) is 0 Å². The first-order valence-electron chi connectivity index (χ1n) is 5.49. The van der Waals surface area contributed by atoms with Crippen molar-refractivity contribution in [2.24, 2.45) is 0 Å². The summed E-state index contributed by atoms with van der Waals surface area (Å²) in [6.07, 6.45) is 2.46. The van der Waals surface area contributed by atoms with Crippen LogP contribution in [0.15, 0.2) is 18.2 Å². The van der Waals surface area contributed by atoms with Gasteiger partial charge in [-0.25, -0.2) is 0 Å². The van der Waals surface area contributed by atoms with Gasteiger partial charge in [0, 0.05) is 19.3 Å². The fourth-order valence-corrected chi connectivity index (χ4v) is 1.65. The van der Waals surface area contributed by atoms with Crippen molar-refractivity contribution in [3.63, 3.8) is 0 Å². The summed E-state index contributed by atoms with van der Waals surface area (Å²) in [6.45, 7) is 7.57. The number of likely N-dealkylation sites (N-methyl/N-ethyl adjacent to an activating group) is 1. The first-order chi connectivity index (χ1) is 6.69. The molecule has 1 aliphatic rings. The molecule has 14 heavy (non-hydrogen) atoms. The van der Waals surface area contributed by atoms with Gasteiger partial charge >= 0.3 is 0 Å². The maximum atomic E-state index is 2.32. The van der Waals surface area contributed by atoms with Crippen LogP contribution in [0, 0.1) is 6.92 Å². The third-order valence-corrected chi connectivity index (χ3v) is 2.37. The Morgan fingerprint density at radius 3 is 2.57 bits per heavy atom. The highest BCUT2D eigenvalue weighted by Crippen LogP contribution is 2.26. The number of nitrogens with zero attached hydrogens (tertiary/aromatic N) is 1. The van der Waals surface area contributed by atoms with Gasteiger partial charge in [-0.2, -0.15) is 0 Å². The van der Waals surface area contributed by atoms with Crippen LogP contribution in [0.2, 0.25) is 0 Å². The molecule has 0 radical (unpaired) electrons. The van der Waals surface area contributed by atoms with E-state index < -0.39 is 0 Å². The molecule has 0 aliphatic carbocycles. The van der Waals surface area contributed by atoms with Gasteiger partial charge in [0.2, 0.25) is 0 Å². The molecule has 0 atom stereocenters. The average Bonchev–Trinajstić information content (AvgIpc) is 2.49. The number of benzene rings is 1. The third kappa shape index (κ3) is 2.50. The van der Waals surface area contributed by atoms with Gasteiger partial charge in [0.25, 0.3) is 0 Å². The van der Waals surface area contributed by atoms with E-state index in [9.17, 15) is 0 Å². The summed E-state index contributed by atoms with van der Waals surface area (Å²) >= 11 is 0. The van der Waals surface area contributed by atoms with Crippen LogP contribution in [-0.2, 0) is 6.42 Å². The smallest absolute Gasteiger partial charge is 0.0399 e. The van der Waals surface area contributed by atoms with E-state index in [1.54, 1.807) is 0 Å². The Bertz CT molecular complexity index is 291. The molecule has 1 nitrogen and oxygen atoms in total. The van der Waals surface area contributed by atoms with Gasteiger partial charge in [0.05, 0.1) is 0 Å². The van der Waals surface area contributed by atoms with Crippen molar-refractivity contribution in [1.82, 2.24) is 0 Å². The lowest BCUT2D eigenvalue weighted by atomic mass is 10.1. The zero-order chi connectivity index (χ0) is 10.6. The quantitative estimate of drug-likeness (QED) is 0.607. The molecule has 0 saturated heterocycles. The number of hydrogen-bond acceptors (Lipinski definition) is 1. The van der Waals surface area contributed by atoms with E-state index in [-0.39, 0.29) is 0 Å². The van der Waals surface area contributed by atoms with Crippen LogP contribution in [0.4, 0.5) is 5.69 Å². The van der Waals surface area contributed by atoms with Crippen LogP contribution in [0.5, 0.6) is 0 Å². The zero-order valence-electron chi connectivity index (χ0n) is 9.80. The lowest BCUT2D eigenvalue weighted by molar-refractivity contribution is 0.956. The molecule has 78 valence electrons. The highest BCUT2D eigenvalue weighted by molar-refractivity contribution is 5.58. The molecule has 0 bridgehead atoms. The molecule has 0 N–H and O–H groups in total. The van der Waals surface area contributed by atoms with Crippen molar-refractivity contribution in [1.29, 1.82) is 0 Å². The standard InChI is InChI=1S/C10H13N.C3H8/c1-8-3-4-9-5-6-11(2)10(9)7-8;1-3-2/h3-4,7H,5-6H2,1-2H3;3H2,1-2H3. The molecule has 1 heteroatoms. The van der Waals surface area contributed by atoms with Gasteiger partial charge in [-0.15, -0.1) is 0 Å². The van der Waals surface area contributed by atoms with E-state index in [1.165, 1.54) is 36.2 Å². The van der Waals surface area contributed by atoms with E-state index in [4.69, 9.17) is 0 Å². The molecule has 0 fully saturated rings. The topological polar surface area (TPSA) is 3.24 Å². The van der Waals surface area contributed by atoms with Crippen molar-refractivity contribution >= 4 is 5.69 Å². The molecule has 1 aromatic carbocycles. The van der Waals surface area contributed by atoms with E-state index >= 15 is 0 Å². The molecule has 0 amide bonds. The van der Waals surface area contributed by atoms with Crippen LogP contribution in [-0.4, -0.2) is 13.6 Å². The van der Waals surface area contributed by atoms with Crippen molar-refractivity contribution < 1.29 is 0 Å². The minimum absolute atomic E-state index is 1.18. The van der Waals surface area contributed by atoms with Gasteiger partial charge in [-0.05, 0) is 30.5 Å². The molecule has 1 aliphatic heterocycles. The van der Waals surface area contributed by atoms with Gasteiger partial charge in [0.1, 0.15) is 0 Å². The summed E-state index contributed by atoms with van der Waals surface area (Å²) in [5.41, 5.74) is 4.28. The Hall–Kier alpha value is -0.980. The second kappa shape index (κ2) is 5.04. The largest absolute Gasteiger partial charge is 0.374 e. The maximum Gasteiger partial charge on any atom is 0.0399 e. The Kier molecular flexibility index (Phi) is 3.99. The second-order valence-corrected chi connectivity index (χ2v) is 4.01. The summed E-state index contributed by atoms with van der Waals surface area (Å²) in [5.74, 6) is 0. The van der Waals surface area contributed by atoms with Crippen LogP contribution in [0.3, 0.4) is 0 Å². The summed E-state index contributed by atoms with van der Waals surface area (Å²) in [4.78, 5) is 2.32. The Balaban J connectivity index is 0.000000293. The second-order valence-electron chi connectivity index (χ2n) is 4.01. The lowest BCUT2D eigenvalue weighted by Crippen LogP contribution is -2.12. The maximum absolute atomic E-state index is 2.32. The molecule has 2 rings (SSSR count). The van der Waals surface area contributed by atoms with E-state index in [0.717, 1.165) is 0 Å². The molecule has 0 spiro atoms. The first-order valence-corrected chi connectivity index (χ1v) is 5.49. The van der Waals surface area contributed by atoms with E-state index in [1.807, 2.05) is 0 Å². The highest BCUT2D eigenvalue weighted by Gasteiger charge is 2.14. The molecular weight excluding hydrogens is 170 g/mol. The van der Waals surface area contributed by atoms with Gasteiger partial charge < -0.3 is 4.90 Å². The van der Waals surface area contributed by atoms with Gasteiger partial charge in [-0.1, -0.05) is 32.4 Å². The zero-order valence-corrected chi connectivity index (χ0v) is 9.80. The van der Waals surface area contributed by atoms with Crippen molar-refractivity contribution in [2.45, 2.75) is 33.6 Å². The van der Waals surface area contributed by atoms with Crippen molar-refractivity contribution in [3.8, 4) is 0 Å². The third-order valence-electron chi connectivity index (χ3n) is 2.37. The van der Waals surface area contributed by atoms with Crippen LogP contribution >= 0.6 is 0 Å². The number of fused-ring (bicyclic) bond motifs is 1. The number of anilines is 1. The fourth-order valence-electron chi connectivity index (χ4n) is 1.65. The number of rotatable bonds is 0. The highest BCUT2D eigenvalue weighted by atomic mass is 15.1. The number of hydrogen-bond donors (Lipinski definition) is 0. The Morgan fingerprint density at radius 2 is 1.93 bits per heavy atom. The monoisotopic (exact) mass is 191 g/mol. The fraction of sp³-hybridized carbons (Fsp3) is 0.538. The molecule has 0 saturated carbocycles. The average molecular weight is 191 g/mol. The van der Waals surface area contributed by atoms with E-state index in [0.29, 0.717) is 0 Å². The number of aryl methyl sites for hydroxylation is 1. The summed E-state index contributed by atoms with van der Waals surface area (Å²) in [5, 5.41) is 0. The lowest BCUT2D eigenvalue weighted by Gasteiger charge is -2.11. The van der Waals surface area contributed by atoms with E-state index in [2.05, 4.69) is 50.9 Å².